The zero-order chi connectivity index (χ0) is 13.7. The average Bonchev–Trinajstić information content (AvgIpc) is 2.85. The second-order valence-corrected chi connectivity index (χ2v) is 4.76. The van der Waals surface area contributed by atoms with Crippen LogP contribution in [0, 0.1) is 0 Å². The Morgan fingerprint density at radius 3 is 2.68 bits per heavy atom. The van der Waals surface area contributed by atoms with Crippen molar-refractivity contribution >= 4 is 17.5 Å². The van der Waals surface area contributed by atoms with E-state index in [1.54, 1.807) is 12.4 Å². The van der Waals surface area contributed by atoms with Gasteiger partial charge in [0.05, 0.1) is 0 Å². The van der Waals surface area contributed by atoms with Crippen molar-refractivity contribution in [1.29, 1.82) is 0 Å². The monoisotopic (exact) mass is 262 g/mol. The maximum absolute atomic E-state index is 11.7. The predicted octanol–water partition coefficient (Wildman–Crippen LogP) is -0.577. The molecule has 1 aromatic carbocycles. The highest BCUT2D eigenvalue weighted by molar-refractivity contribution is 5.91. The summed E-state index contributed by atoms with van der Waals surface area (Å²) in [5.74, 6) is -0.160. The van der Waals surface area contributed by atoms with Gasteiger partial charge >= 0.3 is 0 Å². The van der Waals surface area contributed by atoms with Crippen molar-refractivity contribution in [1.82, 2.24) is 5.32 Å². The summed E-state index contributed by atoms with van der Waals surface area (Å²) in [5.41, 5.74) is 3.58. The molecule has 1 aliphatic carbocycles. The average molecular weight is 262 g/mol. The molecule has 0 aliphatic heterocycles. The fourth-order valence-corrected chi connectivity index (χ4v) is 2.30. The van der Waals surface area contributed by atoms with Crippen LogP contribution >= 0.6 is 0 Å². The number of carbonyl (C=O) groups excluding carboxylic acids is 2. The molecule has 0 heterocycles. The second kappa shape index (κ2) is 6.33. The highest BCUT2D eigenvalue weighted by Gasteiger charge is 2.12. The van der Waals surface area contributed by atoms with Gasteiger partial charge in [0, 0.05) is 12.7 Å². The zero-order valence-electron chi connectivity index (χ0n) is 11.2. The van der Waals surface area contributed by atoms with Crippen LogP contribution in [0.5, 0.6) is 0 Å². The molecule has 1 aromatic rings. The van der Waals surface area contributed by atoms with Crippen LogP contribution in [0.4, 0.5) is 5.69 Å². The maximum Gasteiger partial charge on any atom is 0.279 e. The van der Waals surface area contributed by atoms with Gasteiger partial charge in [0.25, 0.3) is 11.8 Å². The van der Waals surface area contributed by atoms with E-state index in [9.17, 15) is 9.59 Å². The van der Waals surface area contributed by atoms with Gasteiger partial charge in [-0.2, -0.15) is 0 Å². The normalized spacial score (nSPS) is 12.9. The quantitative estimate of drug-likeness (QED) is 0.664. The number of amides is 2. The maximum atomic E-state index is 11.7. The Labute approximate surface area is 112 Å². The lowest BCUT2D eigenvalue weighted by Gasteiger charge is -2.07. The van der Waals surface area contributed by atoms with Crippen molar-refractivity contribution < 1.29 is 14.9 Å². The number of benzene rings is 1. The minimum Gasteiger partial charge on any atom is -0.354 e. The van der Waals surface area contributed by atoms with Crippen molar-refractivity contribution in [3.63, 3.8) is 0 Å². The Bertz CT molecular complexity index is 486. The Morgan fingerprint density at radius 1 is 1.16 bits per heavy atom. The molecule has 0 saturated heterocycles. The number of fused-ring (bicyclic) bond motifs is 1. The van der Waals surface area contributed by atoms with E-state index in [0.717, 1.165) is 18.5 Å². The number of hydrogen-bond acceptors (Lipinski definition) is 2. The molecule has 1 aliphatic rings. The topological polar surface area (TPSA) is 74.8 Å². The molecular weight excluding hydrogens is 242 g/mol. The Morgan fingerprint density at radius 2 is 1.89 bits per heavy atom. The molecule has 0 aromatic heterocycles. The third-order valence-corrected chi connectivity index (χ3v) is 3.32. The van der Waals surface area contributed by atoms with E-state index in [-0.39, 0.29) is 24.9 Å². The summed E-state index contributed by atoms with van der Waals surface area (Å²) < 4.78 is 0. The number of hydrogen-bond donors (Lipinski definition) is 3. The number of quaternary nitrogens is 1. The molecule has 0 atom stereocenters. The fourth-order valence-electron chi connectivity index (χ4n) is 2.30. The summed E-state index contributed by atoms with van der Waals surface area (Å²) in [6.07, 6.45) is 3.44. The highest BCUT2D eigenvalue weighted by atomic mass is 16.2. The van der Waals surface area contributed by atoms with E-state index >= 15 is 0 Å². The van der Waals surface area contributed by atoms with Crippen LogP contribution in [-0.2, 0) is 22.4 Å². The van der Waals surface area contributed by atoms with E-state index in [2.05, 4.69) is 22.8 Å². The second-order valence-electron chi connectivity index (χ2n) is 4.76. The SMILES string of the molecule is CNC(=O)C[NH2+]CC(=O)Nc1ccc2c(c1)CCC2. The molecule has 5 heteroatoms. The van der Waals surface area contributed by atoms with Crippen molar-refractivity contribution in [2.45, 2.75) is 19.3 Å². The number of anilines is 1. The molecule has 0 fully saturated rings. The van der Waals surface area contributed by atoms with Gasteiger partial charge < -0.3 is 16.0 Å². The summed E-state index contributed by atoms with van der Waals surface area (Å²) in [5, 5.41) is 7.06. The van der Waals surface area contributed by atoms with E-state index in [0.29, 0.717) is 0 Å². The van der Waals surface area contributed by atoms with Crippen LogP contribution in [-0.4, -0.2) is 32.0 Å². The van der Waals surface area contributed by atoms with Gasteiger partial charge in [-0.1, -0.05) is 6.07 Å². The molecule has 5 nitrogen and oxygen atoms in total. The van der Waals surface area contributed by atoms with Crippen molar-refractivity contribution in [2.75, 3.05) is 25.5 Å². The fraction of sp³-hybridized carbons (Fsp3) is 0.429. The number of likely N-dealkylation sites (N-methyl/N-ethyl adjacent to an activating group) is 1. The lowest BCUT2D eigenvalue weighted by Crippen LogP contribution is -2.88. The lowest BCUT2D eigenvalue weighted by atomic mass is 10.1. The Kier molecular flexibility index (Phi) is 4.52. The van der Waals surface area contributed by atoms with Crippen LogP contribution in [0.15, 0.2) is 18.2 Å². The summed E-state index contributed by atoms with van der Waals surface area (Å²) >= 11 is 0. The molecule has 0 saturated carbocycles. The minimum absolute atomic E-state index is 0.0784. The van der Waals surface area contributed by atoms with E-state index in [4.69, 9.17) is 0 Å². The van der Waals surface area contributed by atoms with Gasteiger partial charge in [0.15, 0.2) is 13.1 Å². The van der Waals surface area contributed by atoms with Gasteiger partial charge in [0.2, 0.25) is 0 Å². The Balaban J connectivity index is 1.80. The van der Waals surface area contributed by atoms with Gasteiger partial charge in [-0.15, -0.1) is 0 Å². The highest BCUT2D eigenvalue weighted by Crippen LogP contribution is 2.24. The largest absolute Gasteiger partial charge is 0.354 e. The van der Waals surface area contributed by atoms with E-state index < -0.39 is 0 Å². The first-order chi connectivity index (χ1) is 9.19. The molecule has 0 unspecified atom stereocenters. The molecule has 2 amide bonds. The number of rotatable bonds is 5. The first-order valence-electron chi connectivity index (χ1n) is 6.63. The third-order valence-electron chi connectivity index (χ3n) is 3.32. The van der Waals surface area contributed by atoms with E-state index in [1.165, 1.54) is 17.5 Å². The minimum atomic E-state index is -0.0816. The number of nitrogens with two attached hydrogens (primary N) is 1. The summed E-state index contributed by atoms with van der Waals surface area (Å²) in [7, 11) is 1.58. The molecule has 0 spiro atoms. The zero-order valence-corrected chi connectivity index (χ0v) is 11.2. The van der Waals surface area contributed by atoms with Crippen LogP contribution < -0.4 is 16.0 Å². The third kappa shape index (κ3) is 3.79. The van der Waals surface area contributed by atoms with Crippen LogP contribution in [0.25, 0.3) is 0 Å². The van der Waals surface area contributed by atoms with Gasteiger partial charge in [-0.05, 0) is 42.5 Å². The Hall–Kier alpha value is -1.88. The number of carbonyl (C=O) groups is 2. The summed E-state index contributed by atoms with van der Waals surface area (Å²) in [6, 6.07) is 6.09. The van der Waals surface area contributed by atoms with Crippen LogP contribution in [0.1, 0.15) is 17.5 Å². The summed E-state index contributed by atoms with van der Waals surface area (Å²) in [6.45, 7) is 0.526. The predicted molar refractivity (Wildman–Crippen MR) is 72.8 cm³/mol. The molecule has 19 heavy (non-hydrogen) atoms. The molecule has 0 bridgehead atoms. The molecular formula is C14H20N3O2+. The summed E-state index contributed by atoms with van der Waals surface area (Å²) in [4.78, 5) is 22.7. The van der Waals surface area contributed by atoms with Gasteiger partial charge in [0.1, 0.15) is 0 Å². The first kappa shape index (κ1) is 13.5. The number of nitrogens with one attached hydrogen (secondary N) is 2. The molecule has 2 rings (SSSR count). The lowest BCUT2D eigenvalue weighted by molar-refractivity contribution is -0.632. The van der Waals surface area contributed by atoms with Crippen molar-refractivity contribution in [3.05, 3.63) is 29.3 Å². The van der Waals surface area contributed by atoms with Crippen molar-refractivity contribution in [2.24, 2.45) is 0 Å². The number of aryl methyl sites for hydroxylation is 2. The first-order valence-corrected chi connectivity index (χ1v) is 6.63. The van der Waals surface area contributed by atoms with Crippen LogP contribution in [0.2, 0.25) is 0 Å². The van der Waals surface area contributed by atoms with Crippen molar-refractivity contribution in [3.8, 4) is 0 Å². The molecule has 4 N–H and O–H groups in total. The van der Waals surface area contributed by atoms with Crippen LogP contribution in [0.3, 0.4) is 0 Å². The molecule has 0 radical (unpaired) electrons. The smallest absolute Gasteiger partial charge is 0.279 e. The van der Waals surface area contributed by atoms with Gasteiger partial charge in [-0.25, -0.2) is 0 Å². The van der Waals surface area contributed by atoms with E-state index in [1.807, 2.05) is 6.07 Å². The van der Waals surface area contributed by atoms with Gasteiger partial charge in [-0.3, -0.25) is 9.59 Å². The molecule has 102 valence electrons. The standard InChI is InChI=1S/C14H19N3O2/c1-15-13(18)8-16-9-14(19)17-12-6-5-10-3-2-4-11(10)7-12/h5-7,16H,2-4,8-9H2,1H3,(H,15,18)(H,17,19)/p+1.